The predicted octanol–water partition coefficient (Wildman–Crippen LogP) is 0.374. The Kier molecular flexibility index (Phi) is 4.68. The summed E-state index contributed by atoms with van der Waals surface area (Å²) in [6.45, 7) is 4.61. The van der Waals surface area contributed by atoms with Gasteiger partial charge < -0.3 is 10.2 Å². The van der Waals surface area contributed by atoms with Crippen LogP contribution in [0, 0.1) is 0 Å². The van der Waals surface area contributed by atoms with Crippen LogP contribution < -0.4 is 10.9 Å². The molecule has 2 N–H and O–H groups in total. The zero-order chi connectivity index (χ0) is 13.7. The maximum absolute atomic E-state index is 12.5. The molecular weight excluding hydrogens is 244 g/mol. The molecule has 1 atom stereocenters. The van der Waals surface area contributed by atoms with Gasteiger partial charge in [0.1, 0.15) is 5.69 Å². The van der Waals surface area contributed by atoms with E-state index in [0.717, 1.165) is 32.4 Å². The van der Waals surface area contributed by atoms with Gasteiger partial charge in [0.05, 0.1) is 0 Å². The maximum Gasteiger partial charge on any atom is 0.274 e. The Hall–Kier alpha value is -1.69. The first-order valence-corrected chi connectivity index (χ1v) is 6.79. The van der Waals surface area contributed by atoms with Gasteiger partial charge in [-0.1, -0.05) is 6.92 Å². The minimum Gasteiger partial charge on any atom is -0.333 e. The molecule has 0 aliphatic carbocycles. The van der Waals surface area contributed by atoms with Gasteiger partial charge in [-0.3, -0.25) is 9.59 Å². The SMILES string of the molecule is CCCN(C(=O)c1ccc(=O)[nH]n1)C1CCCNC1. The highest BCUT2D eigenvalue weighted by Crippen LogP contribution is 2.13. The molecule has 1 saturated heterocycles. The quantitative estimate of drug-likeness (QED) is 0.824. The highest BCUT2D eigenvalue weighted by Gasteiger charge is 2.26. The van der Waals surface area contributed by atoms with Gasteiger partial charge in [-0.05, 0) is 31.9 Å². The molecule has 0 aromatic carbocycles. The van der Waals surface area contributed by atoms with Gasteiger partial charge in [0, 0.05) is 25.2 Å². The monoisotopic (exact) mass is 264 g/mol. The number of hydrogen-bond donors (Lipinski definition) is 2. The van der Waals surface area contributed by atoms with E-state index in [2.05, 4.69) is 22.4 Å². The summed E-state index contributed by atoms with van der Waals surface area (Å²) >= 11 is 0. The van der Waals surface area contributed by atoms with Crippen molar-refractivity contribution in [1.82, 2.24) is 20.4 Å². The Morgan fingerprint density at radius 1 is 1.53 bits per heavy atom. The molecular formula is C13H20N4O2. The summed E-state index contributed by atoms with van der Waals surface area (Å²) in [4.78, 5) is 25.3. The number of hydrogen-bond acceptors (Lipinski definition) is 4. The highest BCUT2D eigenvalue weighted by molar-refractivity contribution is 5.92. The van der Waals surface area contributed by atoms with Crippen molar-refractivity contribution in [2.75, 3.05) is 19.6 Å². The van der Waals surface area contributed by atoms with Crippen molar-refractivity contribution in [3.8, 4) is 0 Å². The average Bonchev–Trinajstić information content (AvgIpc) is 2.46. The summed E-state index contributed by atoms with van der Waals surface area (Å²) in [6, 6.07) is 3.04. The van der Waals surface area contributed by atoms with E-state index in [9.17, 15) is 9.59 Å². The molecule has 1 fully saturated rings. The number of carbonyl (C=O) groups is 1. The number of carbonyl (C=O) groups excluding carboxylic acids is 1. The van der Waals surface area contributed by atoms with Crippen LogP contribution in [0.4, 0.5) is 0 Å². The Morgan fingerprint density at radius 2 is 2.37 bits per heavy atom. The van der Waals surface area contributed by atoms with Crippen molar-refractivity contribution in [3.63, 3.8) is 0 Å². The van der Waals surface area contributed by atoms with E-state index in [4.69, 9.17) is 0 Å². The van der Waals surface area contributed by atoms with Gasteiger partial charge in [-0.15, -0.1) is 0 Å². The minimum absolute atomic E-state index is 0.105. The van der Waals surface area contributed by atoms with E-state index in [1.807, 2.05) is 4.90 Å². The van der Waals surface area contributed by atoms with Crippen LogP contribution in [-0.2, 0) is 0 Å². The molecule has 1 amide bonds. The molecule has 1 aliphatic rings. The summed E-state index contributed by atoms with van der Waals surface area (Å²) in [7, 11) is 0. The number of rotatable bonds is 4. The molecule has 0 saturated carbocycles. The van der Waals surface area contributed by atoms with Crippen LogP contribution in [-0.4, -0.2) is 46.7 Å². The van der Waals surface area contributed by atoms with Gasteiger partial charge in [-0.25, -0.2) is 5.10 Å². The van der Waals surface area contributed by atoms with Gasteiger partial charge in [0.25, 0.3) is 11.5 Å². The lowest BCUT2D eigenvalue weighted by Gasteiger charge is -2.34. The van der Waals surface area contributed by atoms with Gasteiger partial charge in [0.2, 0.25) is 0 Å². The molecule has 1 aromatic rings. The Bertz CT molecular complexity index is 459. The second-order valence-corrected chi connectivity index (χ2v) is 4.81. The Labute approximate surface area is 112 Å². The van der Waals surface area contributed by atoms with Crippen LogP contribution in [0.15, 0.2) is 16.9 Å². The average molecular weight is 264 g/mol. The lowest BCUT2D eigenvalue weighted by Crippen LogP contribution is -2.49. The lowest BCUT2D eigenvalue weighted by molar-refractivity contribution is 0.0641. The van der Waals surface area contributed by atoms with Crippen LogP contribution in [0.3, 0.4) is 0 Å². The van der Waals surface area contributed by atoms with E-state index in [-0.39, 0.29) is 17.5 Å². The zero-order valence-corrected chi connectivity index (χ0v) is 11.2. The van der Waals surface area contributed by atoms with Crippen LogP contribution in [0.2, 0.25) is 0 Å². The topological polar surface area (TPSA) is 78.1 Å². The number of nitrogens with one attached hydrogen (secondary N) is 2. The molecule has 104 valence electrons. The number of nitrogens with zero attached hydrogens (tertiary/aromatic N) is 2. The molecule has 1 unspecified atom stereocenters. The number of H-pyrrole nitrogens is 1. The maximum atomic E-state index is 12.5. The van der Waals surface area contributed by atoms with Crippen molar-refractivity contribution >= 4 is 5.91 Å². The lowest BCUT2D eigenvalue weighted by atomic mass is 10.0. The van der Waals surface area contributed by atoms with Crippen LogP contribution in [0.25, 0.3) is 0 Å². The zero-order valence-electron chi connectivity index (χ0n) is 11.2. The molecule has 2 rings (SSSR count). The number of aromatic amines is 1. The molecule has 1 aromatic heterocycles. The third-order valence-electron chi connectivity index (χ3n) is 3.34. The Morgan fingerprint density at radius 3 is 2.95 bits per heavy atom. The van der Waals surface area contributed by atoms with Crippen molar-refractivity contribution in [3.05, 3.63) is 28.2 Å². The van der Waals surface area contributed by atoms with E-state index < -0.39 is 0 Å². The fraction of sp³-hybridized carbons (Fsp3) is 0.615. The van der Waals surface area contributed by atoms with Crippen molar-refractivity contribution < 1.29 is 4.79 Å². The predicted molar refractivity (Wildman–Crippen MR) is 72.1 cm³/mol. The first-order valence-electron chi connectivity index (χ1n) is 6.79. The van der Waals surface area contributed by atoms with E-state index in [0.29, 0.717) is 12.2 Å². The van der Waals surface area contributed by atoms with Crippen LogP contribution >= 0.6 is 0 Å². The van der Waals surface area contributed by atoms with Crippen molar-refractivity contribution in [2.45, 2.75) is 32.2 Å². The van der Waals surface area contributed by atoms with Crippen LogP contribution in [0.5, 0.6) is 0 Å². The number of piperidine rings is 1. The van der Waals surface area contributed by atoms with E-state index in [1.165, 1.54) is 12.1 Å². The number of amides is 1. The van der Waals surface area contributed by atoms with Crippen LogP contribution in [0.1, 0.15) is 36.7 Å². The van der Waals surface area contributed by atoms with Gasteiger partial charge in [-0.2, -0.15) is 5.10 Å². The summed E-state index contributed by atoms with van der Waals surface area (Å²) < 4.78 is 0. The highest BCUT2D eigenvalue weighted by atomic mass is 16.2. The summed E-state index contributed by atoms with van der Waals surface area (Å²) in [5, 5.41) is 9.46. The molecule has 19 heavy (non-hydrogen) atoms. The van der Waals surface area contributed by atoms with Gasteiger partial charge >= 0.3 is 0 Å². The normalized spacial score (nSPS) is 19.1. The second-order valence-electron chi connectivity index (χ2n) is 4.81. The second kappa shape index (κ2) is 6.47. The summed E-state index contributed by atoms with van der Waals surface area (Å²) in [5.41, 5.74) is 0.0107. The Balaban J connectivity index is 2.15. The van der Waals surface area contributed by atoms with Gasteiger partial charge in [0.15, 0.2) is 0 Å². The first-order chi connectivity index (χ1) is 9.22. The molecule has 0 spiro atoms. The van der Waals surface area contributed by atoms with E-state index in [1.54, 1.807) is 0 Å². The smallest absolute Gasteiger partial charge is 0.274 e. The molecule has 0 radical (unpaired) electrons. The summed E-state index contributed by atoms with van der Waals surface area (Å²) in [6.07, 6.45) is 3.00. The van der Waals surface area contributed by atoms with Crippen molar-refractivity contribution in [1.29, 1.82) is 0 Å². The third-order valence-corrected chi connectivity index (χ3v) is 3.34. The molecule has 2 heterocycles. The summed E-state index contributed by atoms with van der Waals surface area (Å²) in [5.74, 6) is -0.105. The molecule has 0 bridgehead atoms. The molecule has 6 nitrogen and oxygen atoms in total. The minimum atomic E-state index is -0.294. The molecule has 6 heteroatoms. The van der Waals surface area contributed by atoms with E-state index >= 15 is 0 Å². The first kappa shape index (κ1) is 13.7. The van der Waals surface area contributed by atoms with Crippen molar-refractivity contribution in [2.24, 2.45) is 0 Å². The largest absolute Gasteiger partial charge is 0.333 e. The fourth-order valence-electron chi connectivity index (χ4n) is 2.40. The number of aromatic nitrogens is 2. The fourth-order valence-corrected chi connectivity index (χ4v) is 2.40. The molecule has 1 aliphatic heterocycles. The standard InChI is InChI=1S/C13H20N4O2/c1-2-8-17(10-4-3-7-14-9-10)13(19)11-5-6-12(18)16-15-11/h5-6,10,14H,2-4,7-9H2,1H3,(H,16,18). The third kappa shape index (κ3) is 3.41.